The molecule has 2 aromatic heterocycles. The van der Waals surface area contributed by atoms with Crippen molar-refractivity contribution < 1.29 is 4.74 Å². The van der Waals surface area contributed by atoms with Gasteiger partial charge in [-0.2, -0.15) is 0 Å². The summed E-state index contributed by atoms with van der Waals surface area (Å²) in [5, 5.41) is 2.42. The number of nitrogens with one attached hydrogen (secondary N) is 1. The highest BCUT2D eigenvalue weighted by molar-refractivity contribution is 6.08. The monoisotopic (exact) mass is 211 g/mol. The van der Waals surface area contributed by atoms with Crippen molar-refractivity contribution in [1.29, 1.82) is 0 Å². The number of aryl methyl sites for hydroxylation is 1. The Kier molecular flexibility index (Phi) is 1.86. The lowest BCUT2D eigenvalue weighted by atomic mass is 9.89. The third-order valence-electron chi connectivity index (χ3n) is 2.92. The maximum absolute atomic E-state index is 5.21. The van der Waals surface area contributed by atoms with E-state index >= 15 is 0 Å². The number of methoxy groups -OCH3 is 1. The average Bonchev–Trinajstić information content (AvgIpc) is 2.68. The third kappa shape index (κ3) is 1.18. The molecular formula is C13H12N2O. The Hall–Kier alpha value is -2.03. The zero-order chi connectivity index (χ0) is 11.1. The van der Waals surface area contributed by atoms with Gasteiger partial charge >= 0.3 is 0 Å². The van der Waals surface area contributed by atoms with Gasteiger partial charge in [-0.15, -0.1) is 0 Å². The van der Waals surface area contributed by atoms with Crippen LogP contribution in [0.25, 0.3) is 21.8 Å². The molecule has 0 aliphatic heterocycles. The minimum Gasteiger partial charge on any atom is -0.497 e. The van der Waals surface area contributed by atoms with Crippen molar-refractivity contribution in [2.75, 3.05) is 7.11 Å². The summed E-state index contributed by atoms with van der Waals surface area (Å²) in [5.74, 6) is 0.865. The molecule has 80 valence electrons. The fourth-order valence-electron chi connectivity index (χ4n) is 2.07. The van der Waals surface area contributed by atoms with Crippen LogP contribution in [0.4, 0.5) is 0 Å². The summed E-state index contributed by atoms with van der Waals surface area (Å²) >= 11 is 0. The summed E-state index contributed by atoms with van der Waals surface area (Å²) in [6.07, 6.45) is 1.84. The summed E-state index contributed by atoms with van der Waals surface area (Å²) in [5.41, 5.74) is 3.21. The van der Waals surface area contributed by atoms with Gasteiger partial charge in [-0.3, -0.25) is 4.98 Å². The number of fused-ring (bicyclic) bond motifs is 3. The first-order chi connectivity index (χ1) is 7.79. The van der Waals surface area contributed by atoms with Crippen molar-refractivity contribution in [3.8, 4) is 5.75 Å². The molecule has 0 saturated carbocycles. The van der Waals surface area contributed by atoms with Gasteiger partial charge in [-0.25, -0.2) is 0 Å². The fraction of sp³-hybridized carbons (Fsp3) is 0.154. The van der Waals surface area contributed by atoms with E-state index in [0.717, 1.165) is 22.5 Å². The van der Waals surface area contributed by atoms with Crippen LogP contribution in [-0.4, -0.2) is 17.1 Å². The number of nitrogens with zero attached hydrogens (tertiary/aromatic N) is 1. The van der Waals surface area contributed by atoms with E-state index in [1.165, 1.54) is 10.8 Å². The van der Waals surface area contributed by atoms with E-state index in [2.05, 4.69) is 16.0 Å². The van der Waals surface area contributed by atoms with E-state index in [1.54, 1.807) is 7.11 Å². The van der Waals surface area contributed by atoms with Crippen molar-refractivity contribution >= 4 is 21.8 Å². The molecule has 0 radical (unpaired) electrons. The highest BCUT2D eigenvalue weighted by Gasteiger charge is 2.06. The van der Waals surface area contributed by atoms with Crippen LogP contribution in [0.2, 0.25) is 0 Å². The van der Waals surface area contributed by atoms with Crippen LogP contribution in [0.3, 0.4) is 0 Å². The molecule has 2 heterocycles. The number of benzene rings is 1. The molecule has 3 rings (SSSR count). The van der Waals surface area contributed by atoms with Gasteiger partial charge in [0.05, 0.1) is 23.8 Å². The molecule has 1 aromatic carbocycles. The minimum atomic E-state index is 0.865. The van der Waals surface area contributed by atoms with E-state index in [1.807, 2.05) is 31.3 Å². The fourth-order valence-corrected chi connectivity index (χ4v) is 2.07. The van der Waals surface area contributed by atoms with Gasteiger partial charge in [0.2, 0.25) is 0 Å². The Morgan fingerprint density at radius 2 is 2.06 bits per heavy atom. The first kappa shape index (κ1) is 9.21. The van der Waals surface area contributed by atoms with Crippen LogP contribution in [-0.2, 0) is 0 Å². The highest BCUT2D eigenvalue weighted by atomic mass is 16.5. The second kappa shape index (κ2) is 3.23. The van der Waals surface area contributed by atoms with Gasteiger partial charge in [0.25, 0.3) is 0 Å². The van der Waals surface area contributed by atoms with E-state index < -0.39 is 0 Å². The van der Waals surface area contributed by atoms with Crippen LogP contribution >= 0.6 is 0 Å². The predicted molar refractivity (Wildman–Crippen MR) is 64.9 cm³/mol. The quantitative estimate of drug-likeness (QED) is 0.671. The lowest BCUT2D eigenvalue weighted by Gasteiger charge is -1.98. The Morgan fingerprint density at radius 1 is 1.19 bits per heavy atom. The van der Waals surface area contributed by atoms with Gasteiger partial charge in [0.15, 0.2) is 0 Å². The Balaban J connectivity index is 2.45. The number of aromatic nitrogens is 2. The molecule has 0 spiro atoms. The zero-order valence-electron chi connectivity index (χ0n) is 9.24. The maximum Gasteiger partial charge on any atom is 0.120 e. The molecule has 0 atom stereocenters. The molecule has 0 fully saturated rings. The molecule has 3 nitrogen and oxygen atoms in total. The Morgan fingerprint density at radius 3 is 2.88 bits per heavy atom. The van der Waals surface area contributed by atoms with Crippen LogP contribution < -0.4 is 4.74 Å². The second-order valence-corrected chi connectivity index (χ2v) is 3.86. The van der Waals surface area contributed by atoms with Crippen molar-refractivity contribution in [1.82, 2.24) is 9.97 Å². The SMILES string of the molecule is COc1ccc2c(c1)[nH]c1c2ccn[11c]1C. The van der Waals surface area contributed by atoms with Crippen LogP contribution in [0.1, 0.15) is 5.69 Å². The van der Waals surface area contributed by atoms with Gasteiger partial charge in [-0.1, -0.05) is 0 Å². The molecule has 0 bridgehead atoms. The molecule has 1 N–H and O–H groups in total. The largest absolute Gasteiger partial charge is 0.497 e. The first-order valence-corrected chi connectivity index (χ1v) is 5.20. The minimum absolute atomic E-state index is 0.865. The van der Waals surface area contributed by atoms with Gasteiger partial charge in [0, 0.05) is 23.0 Å². The van der Waals surface area contributed by atoms with Crippen LogP contribution in [0, 0.1) is 6.92 Å². The van der Waals surface area contributed by atoms with Gasteiger partial charge < -0.3 is 9.72 Å². The first-order valence-electron chi connectivity index (χ1n) is 5.20. The molecule has 0 aliphatic carbocycles. The summed E-state index contributed by atoms with van der Waals surface area (Å²) in [6.45, 7) is 2.01. The predicted octanol–water partition coefficient (Wildman–Crippen LogP) is 3.03. The standard InChI is InChI=1S/C13H12N2O/c1-8-13-11(5-6-14-8)10-4-3-9(16-2)7-12(10)15-13/h3-7,15H,1-2H3/i8-1. The smallest absolute Gasteiger partial charge is 0.120 e. The van der Waals surface area contributed by atoms with E-state index in [4.69, 9.17) is 4.74 Å². The van der Waals surface area contributed by atoms with Crippen LogP contribution in [0.15, 0.2) is 30.5 Å². The number of rotatable bonds is 1. The molecule has 0 amide bonds. The van der Waals surface area contributed by atoms with Crippen molar-refractivity contribution in [3.05, 3.63) is 36.2 Å². The zero-order valence-corrected chi connectivity index (χ0v) is 9.24. The molecule has 3 heteroatoms. The molecule has 3 aromatic rings. The maximum atomic E-state index is 5.21. The molecule has 0 aliphatic rings. The number of pyridine rings is 1. The molecule has 16 heavy (non-hydrogen) atoms. The number of ether oxygens (including phenoxy) is 1. The summed E-state index contributed by atoms with van der Waals surface area (Å²) in [4.78, 5) is 7.66. The van der Waals surface area contributed by atoms with Crippen molar-refractivity contribution in [2.24, 2.45) is 0 Å². The third-order valence-corrected chi connectivity index (χ3v) is 2.92. The highest BCUT2D eigenvalue weighted by Crippen LogP contribution is 2.28. The molecule has 0 unspecified atom stereocenters. The average molecular weight is 211 g/mol. The van der Waals surface area contributed by atoms with Crippen LogP contribution in [0.5, 0.6) is 5.75 Å². The topological polar surface area (TPSA) is 37.9 Å². The lowest BCUT2D eigenvalue weighted by molar-refractivity contribution is 0.415. The van der Waals surface area contributed by atoms with Gasteiger partial charge in [0.1, 0.15) is 5.75 Å². The van der Waals surface area contributed by atoms with Gasteiger partial charge in [-0.05, 0) is 25.1 Å². The Bertz CT molecular complexity index is 670. The van der Waals surface area contributed by atoms with E-state index in [9.17, 15) is 0 Å². The Labute approximate surface area is 93.1 Å². The lowest BCUT2D eigenvalue weighted by Crippen LogP contribution is -1.80. The summed E-state index contributed by atoms with van der Waals surface area (Å²) in [7, 11) is 1.68. The number of hydrogen-bond acceptors (Lipinski definition) is 2. The summed E-state index contributed by atoms with van der Waals surface area (Å²) in [6, 6.07) is 8.10. The second-order valence-electron chi connectivity index (χ2n) is 3.86. The summed E-state index contributed by atoms with van der Waals surface area (Å²) < 4.78 is 5.21. The number of aromatic amines is 1. The van der Waals surface area contributed by atoms with Crippen molar-refractivity contribution in [2.45, 2.75) is 6.92 Å². The number of H-pyrrole nitrogens is 1. The van der Waals surface area contributed by atoms with E-state index in [-0.39, 0.29) is 0 Å². The van der Waals surface area contributed by atoms with E-state index in [0.29, 0.717) is 0 Å². The normalized spacial score (nSPS) is 11.1. The number of hydrogen-bond donors (Lipinski definition) is 1. The molecule has 0 saturated heterocycles. The molecular weight excluding hydrogens is 199 g/mol. The van der Waals surface area contributed by atoms with Crippen molar-refractivity contribution in [3.63, 3.8) is 0 Å².